The first-order valence-corrected chi connectivity index (χ1v) is 5.92. The normalized spacial score (nSPS) is 19.4. The van der Waals surface area contributed by atoms with Crippen molar-refractivity contribution in [3.8, 4) is 0 Å². The van der Waals surface area contributed by atoms with Crippen molar-refractivity contribution in [3.05, 3.63) is 35.9 Å². The van der Waals surface area contributed by atoms with E-state index in [0.717, 1.165) is 26.1 Å². The maximum absolute atomic E-state index is 8.81. The summed E-state index contributed by atoms with van der Waals surface area (Å²) in [6.07, 6.45) is 0.726. The number of hydrogen-bond acceptors (Lipinski definition) is 3. The van der Waals surface area contributed by atoms with Crippen LogP contribution >= 0.6 is 0 Å². The Morgan fingerprint density at radius 2 is 2.00 bits per heavy atom. The highest BCUT2D eigenvalue weighted by molar-refractivity contribution is 5.15. The van der Waals surface area contributed by atoms with Gasteiger partial charge < -0.3 is 10.8 Å². The molecule has 1 atom stereocenters. The quantitative estimate of drug-likeness (QED) is 0.772. The highest BCUT2D eigenvalue weighted by atomic mass is 16.3. The van der Waals surface area contributed by atoms with Gasteiger partial charge in [0.2, 0.25) is 0 Å². The van der Waals surface area contributed by atoms with E-state index in [1.54, 1.807) is 0 Å². The second-order valence-electron chi connectivity index (χ2n) is 4.62. The Morgan fingerprint density at radius 1 is 1.31 bits per heavy atom. The zero-order valence-corrected chi connectivity index (χ0v) is 9.55. The number of nitrogens with two attached hydrogens (primary N) is 1. The summed E-state index contributed by atoms with van der Waals surface area (Å²) in [6, 6.07) is 10.7. The van der Waals surface area contributed by atoms with E-state index < -0.39 is 0 Å². The predicted octanol–water partition coefficient (Wildman–Crippen LogP) is 0.828. The molecule has 1 saturated heterocycles. The third-order valence-corrected chi connectivity index (χ3v) is 3.30. The molecule has 1 fully saturated rings. The van der Waals surface area contributed by atoms with Crippen LogP contribution in [0, 0.1) is 5.92 Å². The van der Waals surface area contributed by atoms with Crippen LogP contribution in [0.2, 0.25) is 0 Å². The fraction of sp³-hybridized carbons (Fsp3) is 0.538. The van der Waals surface area contributed by atoms with Crippen molar-refractivity contribution in [1.29, 1.82) is 0 Å². The summed E-state index contributed by atoms with van der Waals surface area (Å²) >= 11 is 0. The van der Waals surface area contributed by atoms with Gasteiger partial charge >= 0.3 is 0 Å². The number of rotatable bonds is 5. The van der Waals surface area contributed by atoms with Gasteiger partial charge in [-0.25, -0.2) is 0 Å². The standard InChI is InChI=1S/C13H20N2O/c14-13(6-7-16)12-9-15(10-12)8-11-4-2-1-3-5-11/h1-5,12-13,16H,6-10,14H2. The van der Waals surface area contributed by atoms with Crippen LogP contribution in [0.15, 0.2) is 30.3 Å². The molecule has 0 spiro atoms. The van der Waals surface area contributed by atoms with Gasteiger partial charge in [0.05, 0.1) is 0 Å². The minimum Gasteiger partial charge on any atom is -0.396 e. The van der Waals surface area contributed by atoms with Gasteiger partial charge in [-0.3, -0.25) is 4.90 Å². The van der Waals surface area contributed by atoms with E-state index in [-0.39, 0.29) is 12.6 Å². The summed E-state index contributed by atoms with van der Waals surface area (Å²) in [6.45, 7) is 3.35. The molecule has 88 valence electrons. The number of nitrogens with zero attached hydrogens (tertiary/aromatic N) is 1. The fourth-order valence-electron chi connectivity index (χ4n) is 2.24. The van der Waals surface area contributed by atoms with Crippen LogP contribution in [0.1, 0.15) is 12.0 Å². The number of likely N-dealkylation sites (tertiary alicyclic amines) is 1. The Bertz CT molecular complexity index is 309. The number of aliphatic hydroxyl groups is 1. The van der Waals surface area contributed by atoms with Crippen LogP contribution in [0.4, 0.5) is 0 Å². The predicted molar refractivity (Wildman–Crippen MR) is 64.9 cm³/mol. The molecule has 3 nitrogen and oxygen atoms in total. The van der Waals surface area contributed by atoms with Gasteiger partial charge in [0.15, 0.2) is 0 Å². The Labute approximate surface area is 96.9 Å². The van der Waals surface area contributed by atoms with E-state index >= 15 is 0 Å². The van der Waals surface area contributed by atoms with E-state index in [0.29, 0.717) is 5.92 Å². The number of aliphatic hydroxyl groups excluding tert-OH is 1. The maximum Gasteiger partial charge on any atom is 0.0445 e. The maximum atomic E-state index is 8.81. The minimum atomic E-state index is 0.164. The molecule has 0 amide bonds. The van der Waals surface area contributed by atoms with Crippen molar-refractivity contribution in [2.75, 3.05) is 19.7 Å². The molecular formula is C13H20N2O. The number of hydrogen-bond donors (Lipinski definition) is 2. The van der Waals surface area contributed by atoms with E-state index in [2.05, 4.69) is 29.2 Å². The van der Waals surface area contributed by atoms with Gasteiger partial charge in [-0.15, -0.1) is 0 Å². The molecule has 0 bridgehead atoms. The molecule has 16 heavy (non-hydrogen) atoms. The lowest BCUT2D eigenvalue weighted by Gasteiger charge is -2.42. The Morgan fingerprint density at radius 3 is 2.62 bits per heavy atom. The Kier molecular flexibility index (Phi) is 3.93. The van der Waals surface area contributed by atoms with Crippen molar-refractivity contribution < 1.29 is 5.11 Å². The van der Waals surface area contributed by atoms with Crippen LogP contribution in [-0.2, 0) is 6.54 Å². The monoisotopic (exact) mass is 220 g/mol. The molecule has 0 saturated carbocycles. The smallest absolute Gasteiger partial charge is 0.0445 e. The van der Waals surface area contributed by atoms with Crippen molar-refractivity contribution in [2.45, 2.75) is 19.0 Å². The molecule has 1 aromatic carbocycles. The van der Waals surface area contributed by atoms with Crippen molar-refractivity contribution in [1.82, 2.24) is 4.90 Å². The topological polar surface area (TPSA) is 49.5 Å². The van der Waals surface area contributed by atoms with E-state index in [9.17, 15) is 0 Å². The summed E-state index contributed by atoms with van der Waals surface area (Å²) in [4.78, 5) is 2.40. The first-order valence-electron chi connectivity index (χ1n) is 5.92. The molecule has 1 heterocycles. The first-order chi connectivity index (χ1) is 7.79. The average Bonchev–Trinajstić information content (AvgIpc) is 2.24. The van der Waals surface area contributed by atoms with E-state index in [4.69, 9.17) is 10.8 Å². The summed E-state index contributed by atoms with van der Waals surface area (Å²) in [5.41, 5.74) is 7.32. The third kappa shape index (κ3) is 2.82. The molecule has 0 radical (unpaired) electrons. The van der Waals surface area contributed by atoms with Gasteiger partial charge in [0.1, 0.15) is 0 Å². The van der Waals surface area contributed by atoms with Crippen LogP contribution in [-0.4, -0.2) is 35.7 Å². The lowest BCUT2D eigenvalue weighted by atomic mass is 9.90. The second-order valence-corrected chi connectivity index (χ2v) is 4.62. The SMILES string of the molecule is NC(CCO)C1CN(Cc2ccccc2)C1. The lowest BCUT2D eigenvalue weighted by Crippen LogP contribution is -2.54. The van der Waals surface area contributed by atoms with Gasteiger partial charge in [-0.2, -0.15) is 0 Å². The van der Waals surface area contributed by atoms with Crippen LogP contribution in [0.3, 0.4) is 0 Å². The van der Waals surface area contributed by atoms with Gasteiger partial charge in [-0.05, 0) is 17.9 Å². The van der Waals surface area contributed by atoms with Crippen LogP contribution < -0.4 is 5.73 Å². The second kappa shape index (κ2) is 5.43. The van der Waals surface area contributed by atoms with Gasteiger partial charge in [0.25, 0.3) is 0 Å². The summed E-state index contributed by atoms with van der Waals surface area (Å²) < 4.78 is 0. The zero-order chi connectivity index (χ0) is 11.4. The van der Waals surface area contributed by atoms with E-state index in [1.807, 2.05) is 6.07 Å². The van der Waals surface area contributed by atoms with E-state index in [1.165, 1.54) is 5.56 Å². The van der Waals surface area contributed by atoms with Crippen LogP contribution in [0.25, 0.3) is 0 Å². The molecule has 1 aliphatic rings. The molecule has 0 aliphatic carbocycles. The third-order valence-electron chi connectivity index (χ3n) is 3.30. The molecule has 1 aliphatic heterocycles. The summed E-state index contributed by atoms with van der Waals surface area (Å²) in [5, 5.41) is 8.81. The Hall–Kier alpha value is -0.900. The minimum absolute atomic E-state index is 0.164. The molecule has 1 unspecified atom stereocenters. The molecule has 3 heteroatoms. The highest BCUT2D eigenvalue weighted by Gasteiger charge is 2.30. The van der Waals surface area contributed by atoms with Crippen molar-refractivity contribution >= 4 is 0 Å². The fourth-order valence-corrected chi connectivity index (χ4v) is 2.24. The summed E-state index contributed by atoms with van der Waals surface area (Å²) in [5.74, 6) is 0.566. The molecule has 3 N–H and O–H groups in total. The highest BCUT2D eigenvalue weighted by Crippen LogP contribution is 2.21. The summed E-state index contributed by atoms with van der Waals surface area (Å²) in [7, 11) is 0. The molecule has 0 aromatic heterocycles. The van der Waals surface area contributed by atoms with Crippen molar-refractivity contribution in [3.63, 3.8) is 0 Å². The average molecular weight is 220 g/mol. The molecular weight excluding hydrogens is 200 g/mol. The largest absolute Gasteiger partial charge is 0.396 e. The zero-order valence-electron chi connectivity index (χ0n) is 9.55. The molecule has 2 rings (SSSR count). The van der Waals surface area contributed by atoms with Gasteiger partial charge in [0, 0.05) is 32.3 Å². The van der Waals surface area contributed by atoms with Gasteiger partial charge in [-0.1, -0.05) is 30.3 Å². The lowest BCUT2D eigenvalue weighted by molar-refractivity contribution is 0.0672. The number of benzene rings is 1. The Balaban J connectivity index is 1.73. The van der Waals surface area contributed by atoms with Crippen LogP contribution in [0.5, 0.6) is 0 Å². The van der Waals surface area contributed by atoms with Crippen molar-refractivity contribution in [2.24, 2.45) is 11.7 Å². The first kappa shape index (κ1) is 11.6. The molecule has 1 aromatic rings.